The number of esters is 4. The fourth-order valence-electron chi connectivity index (χ4n) is 4.32. The average Bonchev–Trinajstić information content (AvgIpc) is 3.12. The molecule has 15 heteroatoms. The Labute approximate surface area is 261 Å². The minimum absolute atomic E-state index is 0.207. The Balaban J connectivity index is 1.93. The van der Waals surface area contributed by atoms with Gasteiger partial charge in [-0.05, 0) is 52.8 Å². The molecule has 1 fully saturated rings. The Morgan fingerprint density at radius 1 is 0.844 bits per heavy atom. The molecular weight excluding hydrogens is 593 g/mol. The molecule has 14 nitrogen and oxygen atoms in total. The summed E-state index contributed by atoms with van der Waals surface area (Å²) >= 11 is 0. The fourth-order valence-corrected chi connectivity index (χ4v) is 4.32. The van der Waals surface area contributed by atoms with Crippen LogP contribution in [0.5, 0.6) is 0 Å². The first-order valence-corrected chi connectivity index (χ1v) is 14.3. The van der Waals surface area contributed by atoms with Gasteiger partial charge in [0.15, 0.2) is 0 Å². The van der Waals surface area contributed by atoms with Gasteiger partial charge in [-0.15, -0.1) is 0 Å². The van der Waals surface area contributed by atoms with Crippen molar-refractivity contribution in [2.24, 2.45) is 0 Å². The molecule has 0 radical (unpaired) electrons. The summed E-state index contributed by atoms with van der Waals surface area (Å²) in [4.78, 5) is 59.9. The minimum Gasteiger partial charge on any atom is -0.463 e. The molecule has 4 atom stereocenters. The van der Waals surface area contributed by atoms with E-state index in [-0.39, 0.29) is 24.3 Å². The lowest BCUT2D eigenvalue weighted by Gasteiger charge is -2.32. The van der Waals surface area contributed by atoms with Crippen LogP contribution in [0.2, 0.25) is 0 Å². The molecule has 1 aliphatic heterocycles. The van der Waals surface area contributed by atoms with E-state index in [1.165, 1.54) is 33.8 Å². The highest BCUT2D eigenvalue weighted by molar-refractivity contribution is 6.62. The zero-order chi connectivity index (χ0) is 33.7. The number of carbonyl (C=O) groups excluding carboxylic acids is 4. The van der Waals surface area contributed by atoms with Gasteiger partial charge in [-0.25, -0.2) is 4.79 Å². The standard InChI is InChI=1S/C30H40BNO13/c1-16(40-19(4)35)26(15-39-18(3)34)43-28(41-20(5)36)24(14-38-17(2)33)32-22-11-10-21-12-23(27(37)42-25(21)13-22)31-44-29(6,7)30(8,9)45-31/h10-13,16,24,26,28,32H,14-15H2,1-9H3/t16-,24-,26?,28?/m0/s1. The second kappa shape index (κ2) is 14.4. The van der Waals surface area contributed by atoms with Crippen LogP contribution in [0.15, 0.2) is 33.5 Å². The summed E-state index contributed by atoms with van der Waals surface area (Å²) in [7, 11) is -0.919. The molecule has 1 aromatic carbocycles. The Morgan fingerprint density at radius 2 is 1.42 bits per heavy atom. The summed E-state index contributed by atoms with van der Waals surface area (Å²) in [5.74, 6) is -2.58. The zero-order valence-corrected chi connectivity index (χ0v) is 26.9. The van der Waals surface area contributed by atoms with Crippen LogP contribution >= 0.6 is 0 Å². The van der Waals surface area contributed by atoms with Gasteiger partial charge in [-0.1, -0.05) is 0 Å². The molecule has 2 aromatic rings. The molecule has 0 saturated carbocycles. The van der Waals surface area contributed by atoms with E-state index in [2.05, 4.69) is 5.32 Å². The van der Waals surface area contributed by atoms with Crippen LogP contribution in [-0.4, -0.2) is 80.0 Å². The van der Waals surface area contributed by atoms with Gasteiger partial charge in [-0.3, -0.25) is 19.2 Å². The van der Waals surface area contributed by atoms with Gasteiger partial charge in [0.05, 0.1) is 16.7 Å². The molecule has 0 amide bonds. The number of anilines is 1. The molecule has 246 valence electrons. The van der Waals surface area contributed by atoms with E-state index < -0.39 is 72.4 Å². The Kier molecular flexibility index (Phi) is 11.4. The largest absolute Gasteiger partial charge is 0.502 e. The highest BCUT2D eigenvalue weighted by Crippen LogP contribution is 2.36. The van der Waals surface area contributed by atoms with Crippen molar-refractivity contribution in [1.82, 2.24) is 0 Å². The summed E-state index contributed by atoms with van der Waals surface area (Å²) in [6, 6.07) is 5.49. The van der Waals surface area contributed by atoms with E-state index in [1.807, 2.05) is 27.7 Å². The first-order chi connectivity index (χ1) is 20.9. The molecule has 0 aliphatic carbocycles. The lowest BCUT2D eigenvalue weighted by Crippen LogP contribution is -2.48. The van der Waals surface area contributed by atoms with Crippen LogP contribution < -0.4 is 16.4 Å². The maximum atomic E-state index is 13.0. The Morgan fingerprint density at radius 3 is 1.98 bits per heavy atom. The number of benzene rings is 1. The quantitative estimate of drug-likeness (QED) is 0.112. The van der Waals surface area contributed by atoms with Gasteiger partial charge in [0, 0.05) is 44.8 Å². The third-order valence-electron chi connectivity index (χ3n) is 7.33. The summed E-state index contributed by atoms with van der Waals surface area (Å²) < 4.78 is 44.6. The van der Waals surface area contributed by atoms with Gasteiger partial charge < -0.3 is 42.7 Å². The monoisotopic (exact) mass is 633 g/mol. The minimum atomic E-state index is -1.44. The highest BCUT2D eigenvalue weighted by Gasteiger charge is 2.52. The number of carbonyl (C=O) groups is 4. The number of fused-ring (bicyclic) bond motifs is 1. The summed E-state index contributed by atoms with van der Waals surface area (Å²) in [6.07, 6.45) is -3.44. The second-order valence-corrected chi connectivity index (χ2v) is 11.7. The molecule has 1 aromatic heterocycles. The van der Waals surface area contributed by atoms with Crippen molar-refractivity contribution in [3.63, 3.8) is 0 Å². The molecule has 0 bridgehead atoms. The van der Waals surface area contributed by atoms with Crippen LogP contribution in [0, 0.1) is 0 Å². The van der Waals surface area contributed by atoms with E-state index in [0.29, 0.717) is 11.1 Å². The molecule has 2 unspecified atom stereocenters. The van der Waals surface area contributed by atoms with Gasteiger partial charge in [0.1, 0.15) is 37.0 Å². The highest BCUT2D eigenvalue weighted by atomic mass is 16.7. The Bertz CT molecular complexity index is 1450. The molecule has 1 N–H and O–H groups in total. The predicted molar refractivity (Wildman–Crippen MR) is 161 cm³/mol. The topological polar surface area (TPSA) is 175 Å². The van der Waals surface area contributed by atoms with Crippen LogP contribution in [0.25, 0.3) is 11.0 Å². The number of rotatable bonds is 13. The predicted octanol–water partition coefficient (Wildman–Crippen LogP) is 2.22. The third kappa shape index (κ3) is 9.52. The van der Waals surface area contributed by atoms with Crippen molar-refractivity contribution in [2.75, 3.05) is 18.5 Å². The van der Waals surface area contributed by atoms with Crippen molar-refractivity contribution < 1.29 is 56.6 Å². The normalized spacial score (nSPS) is 17.9. The van der Waals surface area contributed by atoms with Gasteiger partial charge >= 0.3 is 36.6 Å². The smallest absolute Gasteiger partial charge is 0.463 e. The maximum absolute atomic E-state index is 13.0. The molecule has 2 heterocycles. The van der Waals surface area contributed by atoms with Crippen LogP contribution in [0.1, 0.15) is 62.3 Å². The number of hydrogen-bond donors (Lipinski definition) is 1. The van der Waals surface area contributed by atoms with Gasteiger partial charge in [-0.2, -0.15) is 0 Å². The number of ether oxygens (including phenoxy) is 5. The summed E-state index contributed by atoms with van der Waals surface area (Å²) in [6.45, 7) is 13.1. The number of hydrogen-bond acceptors (Lipinski definition) is 14. The third-order valence-corrected chi connectivity index (χ3v) is 7.33. The van der Waals surface area contributed by atoms with Crippen molar-refractivity contribution in [3.05, 3.63) is 34.7 Å². The SMILES string of the molecule is CC(=O)OCC(OC(OC(C)=O)[C@H](COC(C)=O)Nc1ccc2cc(B3OC(C)(C)C(C)(C)O3)c(=O)oc2c1)[C@H](C)OC(C)=O. The van der Waals surface area contributed by atoms with E-state index in [4.69, 9.17) is 37.4 Å². The van der Waals surface area contributed by atoms with E-state index in [0.717, 1.165) is 6.92 Å². The fraction of sp³-hybridized carbons (Fsp3) is 0.567. The summed E-state index contributed by atoms with van der Waals surface area (Å²) in [5, 5.41) is 3.66. The van der Waals surface area contributed by atoms with Crippen LogP contribution in [0.3, 0.4) is 0 Å². The molecule has 1 aliphatic rings. The van der Waals surface area contributed by atoms with Crippen molar-refractivity contribution >= 4 is 53.1 Å². The second-order valence-electron chi connectivity index (χ2n) is 11.7. The lowest BCUT2D eigenvalue weighted by molar-refractivity contribution is -0.217. The molecule has 45 heavy (non-hydrogen) atoms. The Hall–Kier alpha value is -3.95. The molecular formula is C30H40BNO13. The van der Waals surface area contributed by atoms with Crippen molar-refractivity contribution in [3.8, 4) is 0 Å². The maximum Gasteiger partial charge on any atom is 0.502 e. The van der Waals surface area contributed by atoms with Gasteiger partial charge in [0.25, 0.3) is 0 Å². The molecule has 0 spiro atoms. The first kappa shape index (κ1) is 35.5. The average molecular weight is 633 g/mol. The first-order valence-electron chi connectivity index (χ1n) is 14.3. The summed E-state index contributed by atoms with van der Waals surface area (Å²) in [5.41, 5.74) is -1.15. The van der Waals surface area contributed by atoms with Crippen molar-refractivity contribution in [1.29, 1.82) is 0 Å². The van der Waals surface area contributed by atoms with E-state index >= 15 is 0 Å². The molecule has 3 rings (SSSR count). The van der Waals surface area contributed by atoms with Gasteiger partial charge in [0.2, 0.25) is 6.29 Å². The lowest BCUT2D eigenvalue weighted by atomic mass is 9.80. The number of nitrogens with one attached hydrogen (secondary N) is 1. The van der Waals surface area contributed by atoms with E-state index in [1.54, 1.807) is 18.2 Å². The van der Waals surface area contributed by atoms with Crippen molar-refractivity contribution in [2.45, 2.75) is 98.1 Å². The van der Waals surface area contributed by atoms with Crippen LogP contribution in [-0.2, 0) is 52.2 Å². The van der Waals surface area contributed by atoms with E-state index in [9.17, 15) is 24.0 Å². The zero-order valence-electron chi connectivity index (χ0n) is 26.9. The van der Waals surface area contributed by atoms with Crippen LogP contribution in [0.4, 0.5) is 5.69 Å². The molecule has 1 saturated heterocycles.